The molecule has 0 heterocycles. The number of aliphatic hydroxyl groups excluding tert-OH is 2. The van der Waals surface area contributed by atoms with Gasteiger partial charge in [0.2, 0.25) is 5.91 Å². The first-order chi connectivity index (χ1) is 32.2. The van der Waals surface area contributed by atoms with Crippen LogP contribution in [0.3, 0.4) is 0 Å². The van der Waals surface area contributed by atoms with Crippen LogP contribution in [0, 0.1) is 0 Å². The second kappa shape index (κ2) is 56.9. The molecule has 0 bridgehead atoms. The fourth-order valence-electron chi connectivity index (χ4n) is 9.33. The molecule has 4 heteroatoms. The van der Waals surface area contributed by atoms with E-state index >= 15 is 0 Å². The van der Waals surface area contributed by atoms with Gasteiger partial charge < -0.3 is 15.5 Å². The highest BCUT2D eigenvalue weighted by Gasteiger charge is 2.18. The highest BCUT2D eigenvalue weighted by molar-refractivity contribution is 5.76. The highest BCUT2D eigenvalue weighted by Crippen LogP contribution is 2.18. The van der Waals surface area contributed by atoms with Crippen molar-refractivity contribution >= 4 is 5.91 Å². The summed E-state index contributed by atoms with van der Waals surface area (Å²) in [6.45, 7) is 4.33. The van der Waals surface area contributed by atoms with E-state index in [-0.39, 0.29) is 12.5 Å². The standard InChI is InChI=1S/C61H117NO3/c1-3-5-7-9-11-13-15-17-19-21-23-25-27-28-29-30-31-32-33-34-35-37-39-41-43-45-47-49-51-53-55-57-61(65)62-59(58-63)60(64)56-54-52-50-48-46-44-42-40-38-36-26-24-22-20-18-16-14-12-10-8-6-4-2/h38,40,46,48,54,56,59-60,63-64H,3-37,39,41-45,47,49-53,55,57-58H2,1-2H3,(H,62,65)/b40-38+,48-46+,56-54+. The van der Waals surface area contributed by atoms with Gasteiger partial charge in [-0.2, -0.15) is 0 Å². The van der Waals surface area contributed by atoms with Crippen molar-refractivity contribution < 1.29 is 15.0 Å². The van der Waals surface area contributed by atoms with Crippen molar-refractivity contribution in [1.82, 2.24) is 5.32 Å². The first-order valence-corrected chi connectivity index (χ1v) is 29.7. The van der Waals surface area contributed by atoms with Crippen LogP contribution in [0.4, 0.5) is 0 Å². The fraction of sp³-hybridized carbons (Fsp3) is 0.885. The van der Waals surface area contributed by atoms with Gasteiger partial charge in [-0.15, -0.1) is 0 Å². The van der Waals surface area contributed by atoms with E-state index in [9.17, 15) is 15.0 Å². The van der Waals surface area contributed by atoms with Gasteiger partial charge in [0.05, 0.1) is 18.8 Å². The molecule has 4 nitrogen and oxygen atoms in total. The number of rotatable bonds is 55. The van der Waals surface area contributed by atoms with Crippen molar-refractivity contribution in [3.8, 4) is 0 Å². The van der Waals surface area contributed by atoms with Crippen LogP contribution in [-0.4, -0.2) is 34.9 Å². The molecule has 0 aromatic heterocycles. The maximum Gasteiger partial charge on any atom is 0.220 e. The topological polar surface area (TPSA) is 69.6 Å². The number of amides is 1. The molecule has 65 heavy (non-hydrogen) atoms. The number of hydrogen-bond donors (Lipinski definition) is 3. The molecular formula is C61H117NO3. The molecule has 384 valence electrons. The molecule has 1 amide bonds. The molecule has 2 atom stereocenters. The third-order valence-corrected chi connectivity index (χ3v) is 13.9. The second-order valence-corrected chi connectivity index (χ2v) is 20.4. The molecular weight excluding hydrogens is 795 g/mol. The number of nitrogens with one attached hydrogen (secondary N) is 1. The van der Waals surface area contributed by atoms with Crippen molar-refractivity contribution in [3.05, 3.63) is 36.5 Å². The largest absolute Gasteiger partial charge is 0.394 e. The Morgan fingerprint density at radius 1 is 0.354 bits per heavy atom. The molecule has 3 N–H and O–H groups in total. The summed E-state index contributed by atoms with van der Waals surface area (Å²) in [4.78, 5) is 12.5. The molecule has 0 aliphatic carbocycles. The minimum absolute atomic E-state index is 0.0713. The molecule has 0 saturated carbocycles. The molecule has 0 aromatic rings. The van der Waals surface area contributed by atoms with Gasteiger partial charge in [0, 0.05) is 6.42 Å². The zero-order valence-corrected chi connectivity index (χ0v) is 44.3. The molecule has 0 fully saturated rings. The zero-order valence-electron chi connectivity index (χ0n) is 44.3. The minimum Gasteiger partial charge on any atom is -0.394 e. The number of allylic oxidation sites excluding steroid dienone is 5. The summed E-state index contributed by atoms with van der Waals surface area (Å²) in [6, 6.07) is -0.644. The van der Waals surface area contributed by atoms with E-state index in [2.05, 4.69) is 43.5 Å². The number of carbonyl (C=O) groups is 1. The number of hydrogen-bond acceptors (Lipinski definition) is 3. The average Bonchev–Trinajstić information content (AvgIpc) is 3.31. The number of aliphatic hydroxyl groups is 2. The summed E-state index contributed by atoms with van der Waals surface area (Å²) in [5.74, 6) is -0.0713. The van der Waals surface area contributed by atoms with E-state index in [1.54, 1.807) is 6.08 Å². The molecule has 0 spiro atoms. The summed E-state index contributed by atoms with van der Waals surface area (Å²) in [5, 5.41) is 23.2. The van der Waals surface area contributed by atoms with Crippen LogP contribution in [-0.2, 0) is 4.79 Å². The Hall–Kier alpha value is -1.39. The van der Waals surface area contributed by atoms with Crippen LogP contribution >= 0.6 is 0 Å². The molecule has 0 rings (SSSR count). The van der Waals surface area contributed by atoms with Crippen molar-refractivity contribution in [2.24, 2.45) is 0 Å². The summed E-state index contributed by atoms with van der Waals surface area (Å²) >= 11 is 0. The predicted octanol–water partition coefficient (Wildman–Crippen LogP) is 19.6. The number of carbonyl (C=O) groups excluding carboxylic acids is 1. The van der Waals surface area contributed by atoms with Gasteiger partial charge in [-0.3, -0.25) is 4.79 Å². The maximum absolute atomic E-state index is 12.5. The highest BCUT2D eigenvalue weighted by atomic mass is 16.3. The average molecular weight is 913 g/mol. The van der Waals surface area contributed by atoms with Gasteiger partial charge >= 0.3 is 0 Å². The zero-order chi connectivity index (χ0) is 47.0. The van der Waals surface area contributed by atoms with Gasteiger partial charge in [0.1, 0.15) is 0 Å². The molecule has 0 aromatic carbocycles. The van der Waals surface area contributed by atoms with Crippen LogP contribution in [0.5, 0.6) is 0 Å². The van der Waals surface area contributed by atoms with Crippen LogP contribution in [0.2, 0.25) is 0 Å². The lowest BCUT2D eigenvalue weighted by Gasteiger charge is -2.19. The summed E-state index contributed by atoms with van der Waals surface area (Å²) in [6.07, 6.45) is 77.6. The van der Waals surface area contributed by atoms with Crippen molar-refractivity contribution in [1.29, 1.82) is 0 Å². The van der Waals surface area contributed by atoms with Gasteiger partial charge in [-0.25, -0.2) is 0 Å². The van der Waals surface area contributed by atoms with E-state index in [0.717, 1.165) is 38.5 Å². The SMILES string of the molecule is CCCCCCCCCCCCCC/C=C/CC/C=C/CC/C=C/C(O)C(CO)NC(=O)CCCCCCCCCCCCCCCCCCCCCCCCCCCCCCCCC. The van der Waals surface area contributed by atoms with Crippen LogP contribution in [0.15, 0.2) is 36.5 Å². The fourth-order valence-corrected chi connectivity index (χ4v) is 9.33. The minimum atomic E-state index is -0.869. The Kier molecular flexibility index (Phi) is 55.7. The van der Waals surface area contributed by atoms with Crippen molar-refractivity contribution in [3.63, 3.8) is 0 Å². The quantitative estimate of drug-likeness (QED) is 0.0421. The van der Waals surface area contributed by atoms with E-state index in [1.807, 2.05) is 6.08 Å². The molecule has 0 saturated heterocycles. The Morgan fingerprint density at radius 2 is 0.600 bits per heavy atom. The lowest BCUT2D eigenvalue weighted by molar-refractivity contribution is -0.123. The Morgan fingerprint density at radius 3 is 0.892 bits per heavy atom. The molecule has 0 aliphatic rings. The Bertz CT molecular complexity index is 989. The maximum atomic E-state index is 12.5. The number of unbranched alkanes of at least 4 members (excludes halogenated alkanes) is 44. The first-order valence-electron chi connectivity index (χ1n) is 29.7. The van der Waals surface area contributed by atoms with Crippen LogP contribution in [0.1, 0.15) is 328 Å². The molecule has 0 aliphatic heterocycles. The van der Waals surface area contributed by atoms with Crippen molar-refractivity contribution in [2.75, 3.05) is 6.61 Å². The third-order valence-electron chi connectivity index (χ3n) is 13.9. The van der Waals surface area contributed by atoms with Crippen molar-refractivity contribution in [2.45, 2.75) is 341 Å². The molecule has 2 unspecified atom stereocenters. The second-order valence-electron chi connectivity index (χ2n) is 20.4. The van der Waals surface area contributed by atoms with Crippen LogP contribution in [0.25, 0.3) is 0 Å². The van der Waals surface area contributed by atoms with Gasteiger partial charge in [0.15, 0.2) is 0 Å². The Labute approximate surface area is 408 Å². The lowest BCUT2D eigenvalue weighted by Crippen LogP contribution is -2.45. The third kappa shape index (κ3) is 53.4. The summed E-state index contributed by atoms with van der Waals surface area (Å²) < 4.78 is 0. The smallest absolute Gasteiger partial charge is 0.220 e. The van der Waals surface area contributed by atoms with Gasteiger partial charge in [-0.05, 0) is 44.9 Å². The first kappa shape index (κ1) is 63.6. The van der Waals surface area contributed by atoms with E-state index < -0.39 is 12.1 Å². The summed E-state index contributed by atoms with van der Waals surface area (Å²) in [7, 11) is 0. The normalized spacial score (nSPS) is 13.0. The van der Waals surface area contributed by atoms with Crippen LogP contribution < -0.4 is 5.32 Å². The van der Waals surface area contributed by atoms with E-state index in [4.69, 9.17) is 0 Å². The lowest BCUT2D eigenvalue weighted by atomic mass is 10.0. The van der Waals surface area contributed by atoms with Gasteiger partial charge in [-0.1, -0.05) is 314 Å². The van der Waals surface area contributed by atoms with E-state index in [0.29, 0.717) is 6.42 Å². The Balaban J connectivity index is 3.48. The molecule has 0 radical (unpaired) electrons. The van der Waals surface area contributed by atoms with E-state index in [1.165, 1.54) is 270 Å². The summed E-state index contributed by atoms with van der Waals surface area (Å²) in [5.41, 5.74) is 0. The predicted molar refractivity (Wildman–Crippen MR) is 290 cm³/mol. The van der Waals surface area contributed by atoms with Gasteiger partial charge in [0.25, 0.3) is 0 Å². The monoisotopic (exact) mass is 912 g/mol.